The summed E-state index contributed by atoms with van der Waals surface area (Å²) in [6, 6.07) is 48.3. The molecule has 0 N–H and O–H groups in total. The monoisotopic (exact) mass is 563 g/mol. The van der Waals surface area contributed by atoms with Crippen LogP contribution in [0.4, 0.5) is 0 Å². The lowest BCUT2D eigenvalue weighted by atomic mass is 10.0. The molecule has 0 aliphatic carbocycles. The molecule has 44 heavy (non-hydrogen) atoms. The van der Waals surface area contributed by atoms with E-state index >= 15 is 0 Å². The highest BCUT2D eigenvalue weighted by Crippen LogP contribution is 2.40. The predicted octanol–water partition coefficient (Wildman–Crippen LogP) is 9.40. The first-order valence-corrected chi connectivity index (χ1v) is 14.7. The molecular formula is C39H25N5. The van der Waals surface area contributed by atoms with Gasteiger partial charge in [0.15, 0.2) is 5.65 Å². The first kappa shape index (κ1) is 24.5. The van der Waals surface area contributed by atoms with Gasteiger partial charge >= 0.3 is 0 Å². The molecule has 5 heteroatoms. The normalized spacial score (nSPS) is 11.6. The minimum atomic E-state index is 0.799. The van der Waals surface area contributed by atoms with E-state index in [9.17, 15) is 0 Å². The highest BCUT2D eigenvalue weighted by atomic mass is 15.1. The summed E-state index contributed by atoms with van der Waals surface area (Å²) in [6.45, 7) is 0. The first-order valence-electron chi connectivity index (χ1n) is 14.7. The Kier molecular flexibility index (Phi) is 5.43. The first-order chi connectivity index (χ1) is 21.8. The van der Waals surface area contributed by atoms with Crippen LogP contribution in [0, 0.1) is 0 Å². The smallest absolute Gasteiger partial charge is 0.150 e. The van der Waals surface area contributed by atoms with Crippen LogP contribution >= 0.6 is 0 Å². The molecule has 0 unspecified atom stereocenters. The highest BCUT2D eigenvalue weighted by molar-refractivity contribution is 6.24. The second-order valence-electron chi connectivity index (χ2n) is 10.9. The number of benzene rings is 4. The summed E-state index contributed by atoms with van der Waals surface area (Å²) in [5.74, 6) is 0.799. The van der Waals surface area contributed by atoms with E-state index in [1.54, 1.807) is 0 Å². The lowest BCUT2D eigenvalue weighted by molar-refractivity contribution is 1.06. The molecule has 9 aromatic rings. The van der Waals surface area contributed by atoms with E-state index in [4.69, 9.17) is 15.0 Å². The zero-order chi connectivity index (χ0) is 29.0. The molecular weight excluding hydrogens is 538 g/mol. The van der Waals surface area contributed by atoms with Gasteiger partial charge in [-0.05, 0) is 53.6 Å². The maximum absolute atomic E-state index is 5.26. The SMILES string of the molecule is c1ccc(-c2cc(-c3ccccc3)nc(-n3c4cccnc4c4c3ncc3c5ccccc5n(-c5ccccc5)c34)c2)cc1. The van der Waals surface area contributed by atoms with Gasteiger partial charge in [0.1, 0.15) is 11.3 Å². The number of para-hydroxylation sites is 2. The van der Waals surface area contributed by atoms with Crippen LogP contribution < -0.4 is 0 Å². The Hall–Kier alpha value is -6.07. The van der Waals surface area contributed by atoms with Crippen molar-refractivity contribution in [2.24, 2.45) is 0 Å². The van der Waals surface area contributed by atoms with Gasteiger partial charge < -0.3 is 4.57 Å². The summed E-state index contributed by atoms with van der Waals surface area (Å²) in [4.78, 5) is 15.4. The Morgan fingerprint density at radius 2 is 1.18 bits per heavy atom. The fourth-order valence-electron chi connectivity index (χ4n) is 6.47. The molecule has 0 saturated carbocycles. The summed E-state index contributed by atoms with van der Waals surface area (Å²) < 4.78 is 4.51. The largest absolute Gasteiger partial charge is 0.308 e. The molecule has 5 heterocycles. The summed E-state index contributed by atoms with van der Waals surface area (Å²) in [6.07, 6.45) is 3.87. The lowest BCUT2D eigenvalue weighted by Gasteiger charge is -2.12. The van der Waals surface area contributed by atoms with Gasteiger partial charge in [0.05, 0.1) is 27.6 Å². The van der Waals surface area contributed by atoms with Gasteiger partial charge in [-0.15, -0.1) is 0 Å². The maximum Gasteiger partial charge on any atom is 0.150 e. The molecule has 206 valence electrons. The quantitative estimate of drug-likeness (QED) is 0.214. The number of nitrogens with zero attached hydrogens (tertiary/aromatic N) is 5. The molecule has 0 spiro atoms. The van der Waals surface area contributed by atoms with Gasteiger partial charge in [-0.25, -0.2) is 9.97 Å². The molecule has 9 rings (SSSR count). The topological polar surface area (TPSA) is 48.5 Å². The van der Waals surface area contributed by atoms with Crippen molar-refractivity contribution in [2.75, 3.05) is 0 Å². The molecule has 4 aromatic carbocycles. The minimum absolute atomic E-state index is 0.799. The zero-order valence-electron chi connectivity index (χ0n) is 23.7. The molecule has 5 nitrogen and oxygen atoms in total. The van der Waals surface area contributed by atoms with E-state index in [2.05, 4.69) is 130 Å². The van der Waals surface area contributed by atoms with E-state index in [0.717, 1.165) is 77.8 Å². The summed E-state index contributed by atoms with van der Waals surface area (Å²) in [5.41, 5.74) is 10.2. The summed E-state index contributed by atoms with van der Waals surface area (Å²) in [5, 5.41) is 3.26. The van der Waals surface area contributed by atoms with Crippen molar-refractivity contribution < 1.29 is 0 Å². The van der Waals surface area contributed by atoms with Crippen molar-refractivity contribution in [1.82, 2.24) is 24.1 Å². The van der Waals surface area contributed by atoms with E-state index in [1.165, 1.54) is 0 Å². The van der Waals surface area contributed by atoms with Crippen LogP contribution in [0.3, 0.4) is 0 Å². The minimum Gasteiger partial charge on any atom is -0.308 e. The van der Waals surface area contributed by atoms with Gasteiger partial charge in [-0.3, -0.25) is 9.55 Å². The maximum atomic E-state index is 5.26. The second kappa shape index (κ2) is 9.75. The Morgan fingerprint density at radius 3 is 1.98 bits per heavy atom. The third-order valence-electron chi connectivity index (χ3n) is 8.40. The van der Waals surface area contributed by atoms with Crippen LogP contribution in [0.5, 0.6) is 0 Å². The van der Waals surface area contributed by atoms with Crippen LogP contribution in [0.25, 0.3) is 77.8 Å². The molecule has 0 amide bonds. The Balaban J connectivity index is 1.43. The van der Waals surface area contributed by atoms with E-state index in [0.29, 0.717) is 0 Å². The number of rotatable bonds is 4. The number of hydrogen-bond donors (Lipinski definition) is 0. The highest BCUT2D eigenvalue weighted by Gasteiger charge is 2.23. The van der Waals surface area contributed by atoms with Crippen molar-refractivity contribution in [3.8, 4) is 33.9 Å². The van der Waals surface area contributed by atoms with Gasteiger partial charge in [0.25, 0.3) is 0 Å². The standard InChI is InChI=1S/C39H25N5/c1-4-13-26(14-5-1)28-23-32(27-15-6-2-7-16-27)42-35(24-28)44-34-21-12-22-40-37(34)36-38-31(25-41-39(36)44)30-19-10-11-20-33(30)43(38)29-17-8-3-9-18-29/h1-25H. The Labute approximate surface area is 253 Å². The zero-order valence-corrected chi connectivity index (χ0v) is 23.7. The summed E-state index contributed by atoms with van der Waals surface area (Å²) >= 11 is 0. The van der Waals surface area contributed by atoms with Crippen LogP contribution in [-0.4, -0.2) is 24.1 Å². The van der Waals surface area contributed by atoms with Gasteiger partial charge in [0, 0.05) is 34.4 Å². The fraction of sp³-hybridized carbons (Fsp3) is 0. The fourth-order valence-corrected chi connectivity index (χ4v) is 6.47. The molecule has 0 aliphatic heterocycles. The molecule has 0 saturated heterocycles. The van der Waals surface area contributed by atoms with Crippen molar-refractivity contribution >= 4 is 43.9 Å². The van der Waals surface area contributed by atoms with Crippen LogP contribution in [-0.2, 0) is 0 Å². The van der Waals surface area contributed by atoms with Crippen LogP contribution in [0.15, 0.2) is 152 Å². The lowest BCUT2D eigenvalue weighted by Crippen LogP contribution is -2.01. The third kappa shape index (κ3) is 3.69. The van der Waals surface area contributed by atoms with Gasteiger partial charge in [-0.2, -0.15) is 0 Å². The molecule has 0 fully saturated rings. The Morgan fingerprint density at radius 1 is 0.500 bits per heavy atom. The molecule has 0 bridgehead atoms. The van der Waals surface area contributed by atoms with E-state index in [1.807, 2.05) is 30.6 Å². The predicted molar refractivity (Wildman–Crippen MR) is 179 cm³/mol. The summed E-state index contributed by atoms with van der Waals surface area (Å²) in [7, 11) is 0. The third-order valence-corrected chi connectivity index (χ3v) is 8.40. The molecule has 5 aromatic heterocycles. The van der Waals surface area contributed by atoms with Crippen LogP contribution in [0.2, 0.25) is 0 Å². The van der Waals surface area contributed by atoms with Gasteiger partial charge in [0.2, 0.25) is 0 Å². The average molecular weight is 564 g/mol. The second-order valence-corrected chi connectivity index (χ2v) is 10.9. The number of fused-ring (bicyclic) bond motifs is 7. The van der Waals surface area contributed by atoms with Crippen molar-refractivity contribution in [1.29, 1.82) is 0 Å². The molecule has 0 radical (unpaired) electrons. The van der Waals surface area contributed by atoms with E-state index in [-0.39, 0.29) is 0 Å². The number of hydrogen-bond acceptors (Lipinski definition) is 3. The number of aromatic nitrogens is 5. The number of pyridine rings is 3. The van der Waals surface area contributed by atoms with Crippen molar-refractivity contribution in [3.63, 3.8) is 0 Å². The van der Waals surface area contributed by atoms with E-state index < -0.39 is 0 Å². The molecule has 0 atom stereocenters. The van der Waals surface area contributed by atoms with Crippen LogP contribution in [0.1, 0.15) is 0 Å². The van der Waals surface area contributed by atoms with Crippen molar-refractivity contribution in [2.45, 2.75) is 0 Å². The Bertz CT molecular complexity index is 2420. The average Bonchev–Trinajstić information content (AvgIpc) is 3.62. The van der Waals surface area contributed by atoms with Gasteiger partial charge in [-0.1, -0.05) is 97.1 Å². The molecule has 0 aliphatic rings. The van der Waals surface area contributed by atoms with Crippen molar-refractivity contribution in [3.05, 3.63) is 152 Å².